The Morgan fingerprint density at radius 2 is 2.05 bits per heavy atom. The molecule has 1 aliphatic heterocycles. The minimum absolute atomic E-state index is 0. The standard InChI is InChI=1S/C9H15N5O3.2ClH/c1-3(15)6(16)4-2-11-7-5(12-4)8(17)14-9(10)13-7;;/h3-4,6,12,15-16H,2H2,1H3,(H4,10,11,13,14,17);2*1H/t3?,4?,6-;;/m0../s1. The normalized spacial score (nSPS) is 19.6. The lowest BCUT2D eigenvalue weighted by atomic mass is 10.0. The molecular weight excluding hydrogens is 297 g/mol. The first-order chi connectivity index (χ1) is 7.99. The number of hydrogen-bond acceptors (Lipinski definition) is 7. The van der Waals surface area contributed by atoms with Crippen LogP contribution >= 0.6 is 24.8 Å². The van der Waals surface area contributed by atoms with Gasteiger partial charge in [0, 0.05) is 6.54 Å². The van der Waals surface area contributed by atoms with Crippen LogP contribution < -0.4 is 21.9 Å². The van der Waals surface area contributed by atoms with Crippen molar-refractivity contribution in [2.45, 2.75) is 25.2 Å². The van der Waals surface area contributed by atoms with E-state index >= 15 is 0 Å². The number of nitrogens with zero attached hydrogens (tertiary/aromatic N) is 1. The van der Waals surface area contributed by atoms with Gasteiger partial charge in [-0.1, -0.05) is 0 Å². The van der Waals surface area contributed by atoms with E-state index in [-0.39, 0.29) is 36.4 Å². The monoisotopic (exact) mass is 313 g/mol. The number of nitrogens with two attached hydrogens (primary N) is 1. The van der Waals surface area contributed by atoms with Gasteiger partial charge in [0.05, 0.1) is 12.1 Å². The van der Waals surface area contributed by atoms with Gasteiger partial charge in [0.1, 0.15) is 11.8 Å². The fraction of sp³-hybridized carbons (Fsp3) is 0.556. The number of halogens is 2. The summed E-state index contributed by atoms with van der Waals surface area (Å²) in [6.07, 6.45) is -1.87. The fourth-order valence-corrected chi connectivity index (χ4v) is 1.74. The number of fused-ring (bicyclic) bond motifs is 1. The molecule has 0 saturated heterocycles. The first-order valence-electron chi connectivity index (χ1n) is 5.25. The molecule has 0 amide bonds. The number of aliphatic hydroxyl groups excluding tert-OH is 2. The molecule has 1 aromatic heterocycles. The van der Waals surface area contributed by atoms with Crippen molar-refractivity contribution in [3.05, 3.63) is 10.4 Å². The van der Waals surface area contributed by atoms with Crippen LogP contribution in [0, 0.1) is 0 Å². The quantitative estimate of drug-likeness (QED) is 0.418. The van der Waals surface area contributed by atoms with Crippen LogP contribution in [0.2, 0.25) is 0 Å². The SMILES string of the molecule is CC(O)[C@H](O)C1CNc2nc(N)[nH]c(=O)c2N1.Cl.Cl. The highest BCUT2D eigenvalue weighted by molar-refractivity contribution is 5.85. The van der Waals surface area contributed by atoms with E-state index in [1.165, 1.54) is 6.92 Å². The first-order valence-corrected chi connectivity index (χ1v) is 5.25. The van der Waals surface area contributed by atoms with E-state index in [1.54, 1.807) is 0 Å². The van der Waals surface area contributed by atoms with E-state index in [2.05, 4.69) is 20.6 Å². The summed E-state index contributed by atoms with van der Waals surface area (Å²) in [5, 5.41) is 24.7. The molecule has 0 bridgehead atoms. The van der Waals surface area contributed by atoms with Crippen LogP contribution in [0.5, 0.6) is 0 Å². The van der Waals surface area contributed by atoms with Crippen LogP contribution in [-0.4, -0.2) is 45.0 Å². The Morgan fingerprint density at radius 3 is 2.63 bits per heavy atom. The first kappa shape index (κ1) is 17.8. The maximum atomic E-state index is 11.6. The Kier molecular flexibility index (Phi) is 6.37. The highest BCUT2D eigenvalue weighted by Crippen LogP contribution is 2.21. The number of anilines is 3. The maximum absolute atomic E-state index is 11.6. The summed E-state index contributed by atoms with van der Waals surface area (Å²) in [5.74, 6) is 0.373. The fourth-order valence-electron chi connectivity index (χ4n) is 1.74. The molecule has 2 rings (SSSR count). The van der Waals surface area contributed by atoms with Crippen molar-refractivity contribution < 1.29 is 10.2 Å². The Balaban J connectivity index is 0.00000162. The summed E-state index contributed by atoms with van der Waals surface area (Å²) in [5.41, 5.74) is 5.20. The average Bonchev–Trinajstić information content (AvgIpc) is 2.27. The van der Waals surface area contributed by atoms with Gasteiger partial charge in [-0.3, -0.25) is 9.78 Å². The van der Waals surface area contributed by atoms with Crippen LogP contribution in [0.4, 0.5) is 17.5 Å². The van der Waals surface area contributed by atoms with E-state index in [0.717, 1.165) is 0 Å². The summed E-state index contributed by atoms with van der Waals surface area (Å²) < 4.78 is 0. The second kappa shape index (κ2) is 6.80. The van der Waals surface area contributed by atoms with Gasteiger partial charge in [-0.05, 0) is 6.92 Å². The molecule has 0 saturated carbocycles. The minimum Gasteiger partial charge on any atom is -0.391 e. The molecule has 0 aromatic carbocycles. The van der Waals surface area contributed by atoms with Gasteiger partial charge < -0.3 is 26.6 Å². The summed E-state index contributed by atoms with van der Waals surface area (Å²) in [6.45, 7) is 1.82. The van der Waals surface area contributed by atoms with Crippen LogP contribution in [0.1, 0.15) is 6.92 Å². The topological polar surface area (TPSA) is 136 Å². The van der Waals surface area contributed by atoms with Crippen molar-refractivity contribution in [1.29, 1.82) is 0 Å². The molecule has 19 heavy (non-hydrogen) atoms. The van der Waals surface area contributed by atoms with E-state index in [4.69, 9.17) is 5.73 Å². The summed E-state index contributed by atoms with van der Waals surface area (Å²) in [7, 11) is 0. The van der Waals surface area contributed by atoms with Crippen LogP contribution in [0.15, 0.2) is 4.79 Å². The summed E-state index contributed by atoms with van der Waals surface area (Å²) >= 11 is 0. The van der Waals surface area contributed by atoms with Gasteiger partial charge in [-0.25, -0.2) is 0 Å². The average molecular weight is 314 g/mol. The lowest BCUT2D eigenvalue weighted by molar-refractivity contribution is 0.0214. The van der Waals surface area contributed by atoms with Crippen molar-refractivity contribution >= 4 is 42.3 Å². The molecule has 110 valence electrons. The van der Waals surface area contributed by atoms with Crippen LogP contribution in [0.3, 0.4) is 0 Å². The zero-order valence-corrected chi connectivity index (χ0v) is 11.7. The molecule has 7 N–H and O–H groups in total. The van der Waals surface area contributed by atoms with E-state index in [0.29, 0.717) is 12.4 Å². The van der Waals surface area contributed by atoms with Gasteiger partial charge in [-0.15, -0.1) is 24.8 Å². The number of aromatic amines is 1. The highest BCUT2D eigenvalue weighted by Gasteiger charge is 2.29. The number of rotatable bonds is 2. The molecule has 10 heteroatoms. The number of nitrogen functional groups attached to an aromatic ring is 1. The zero-order valence-electron chi connectivity index (χ0n) is 10.1. The second-order valence-electron chi connectivity index (χ2n) is 4.04. The number of aromatic nitrogens is 2. The number of nitrogens with one attached hydrogen (secondary N) is 3. The molecule has 0 aliphatic carbocycles. The third-order valence-corrected chi connectivity index (χ3v) is 2.66. The molecule has 2 unspecified atom stereocenters. The van der Waals surface area contributed by atoms with Crippen molar-refractivity contribution in [2.75, 3.05) is 22.9 Å². The third kappa shape index (κ3) is 3.63. The lowest BCUT2D eigenvalue weighted by Gasteiger charge is -2.31. The van der Waals surface area contributed by atoms with Crippen LogP contribution in [0.25, 0.3) is 0 Å². The van der Waals surface area contributed by atoms with Crippen molar-refractivity contribution in [2.24, 2.45) is 0 Å². The lowest BCUT2D eigenvalue weighted by Crippen LogP contribution is -2.48. The summed E-state index contributed by atoms with van der Waals surface area (Å²) in [6, 6.07) is -0.464. The van der Waals surface area contributed by atoms with Crippen molar-refractivity contribution in [1.82, 2.24) is 9.97 Å². The van der Waals surface area contributed by atoms with Crippen molar-refractivity contribution in [3.8, 4) is 0 Å². The zero-order chi connectivity index (χ0) is 12.6. The van der Waals surface area contributed by atoms with Crippen molar-refractivity contribution in [3.63, 3.8) is 0 Å². The van der Waals surface area contributed by atoms with E-state index < -0.39 is 23.8 Å². The van der Waals surface area contributed by atoms with Gasteiger partial charge in [-0.2, -0.15) is 4.98 Å². The van der Waals surface area contributed by atoms with E-state index in [9.17, 15) is 15.0 Å². The number of hydrogen-bond donors (Lipinski definition) is 6. The van der Waals surface area contributed by atoms with E-state index in [1.807, 2.05) is 0 Å². The predicted molar refractivity (Wildman–Crippen MR) is 77.4 cm³/mol. The minimum atomic E-state index is -0.979. The molecule has 3 atom stereocenters. The molecule has 0 fully saturated rings. The Morgan fingerprint density at radius 1 is 1.42 bits per heavy atom. The smallest absolute Gasteiger partial charge is 0.277 e. The third-order valence-electron chi connectivity index (χ3n) is 2.66. The predicted octanol–water partition coefficient (Wildman–Crippen LogP) is -0.857. The highest BCUT2D eigenvalue weighted by atomic mass is 35.5. The van der Waals surface area contributed by atoms with Gasteiger partial charge >= 0.3 is 0 Å². The van der Waals surface area contributed by atoms with Gasteiger partial charge in [0.2, 0.25) is 5.95 Å². The number of aliphatic hydroxyl groups is 2. The molecule has 2 heterocycles. The molecule has 1 aromatic rings. The molecule has 0 radical (unpaired) electrons. The van der Waals surface area contributed by atoms with Gasteiger partial charge in [0.25, 0.3) is 5.56 Å². The summed E-state index contributed by atoms with van der Waals surface area (Å²) in [4.78, 5) is 17.9. The molecular formula is C9H17Cl2N5O3. The molecule has 1 aliphatic rings. The van der Waals surface area contributed by atoms with Gasteiger partial charge in [0.15, 0.2) is 5.82 Å². The molecule has 0 spiro atoms. The maximum Gasteiger partial charge on any atom is 0.277 e. The molecule has 8 nitrogen and oxygen atoms in total. The second-order valence-corrected chi connectivity index (χ2v) is 4.04. The Labute approximate surface area is 121 Å². The Hall–Kier alpha value is -1.22. The largest absolute Gasteiger partial charge is 0.391 e. The number of H-pyrrole nitrogens is 1. The Bertz CT molecular complexity index is 481. The van der Waals surface area contributed by atoms with Crippen LogP contribution in [-0.2, 0) is 0 Å².